The van der Waals surface area contributed by atoms with Gasteiger partial charge in [-0.3, -0.25) is 14.7 Å². The molecule has 1 aromatic carbocycles. The van der Waals surface area contributed by atoms with Crippen LogP contribution in [0.15, 0.2) is 41.5 Å². The fraction of sp³-hybridized carbons (Fsp3) is 0.100. The van der Waals surface area contributed by atoms with Crippen LogP contribution < -0.4 is 5.69 Å². The van der Waals surface area contributed by atoms with Gasteiger partial charge < -0.3 is 4.98 Å². The highest BCUT2D eigenvalue weighted by Crippen LogP contribution is 2.12. The molecule has 2 aromatic rings. The highest BCUT2D eigenvalue weighted by molar-refractivity contribution is 5.32. The van der Waals surface area contributed by atoms with E-state index in [9.17, 15) is 14.9 Å². The minimum absolute atomic E-state index is 0.0464. The molecular weight excluding hydrogens is 210 g/mol. The number of aromatic amines is 1. The Morgan fingerprint density at radius 3 is 2.50 bits per heavy atom. The van der Waals surface area contributed by atoms with E-state index in [1.165, 1.54) is 16.7 Å². The molecule has 0 amide bonds. The lowest BCUT2D eigenvalue weighted by Crippen LogP contribution is -2.16. The zero-order valence-corrected chi connectivity index (χ0v) is 8.29. The number of H-pyrrole nitrogens is 1. The van der Waals surface area contributed by atoms with Crippen LogP contribution in [-0.2, 0) is 6.54 Å². The largest absolute Gasteiger partial charge is 0.325 e. The van der Waals surface area contributed by atoms with Crippen LogP contribution in [0, 0.1) is 10.1 Å². The maximum absolute atomic E-state index is 11.2. The molecule has 0 aliphatic rings. The number of nitrogens with zero attached hydrogens (tertiary/aromatic N) is 2. The number of nitrogens with one attached hydrogen (secondary N) is 1. The summed E-state index contributed by atoms with van der Waals surface area (Å²) in [6, 6.07) is 6.12. The summed E-state index contributed by atoms with van der Waals surface area (Å²) in [4.78, 5) is 23.7. The van der Waals surface area contributed by atoms with Crippen molar-refractivity contribution in [1.82, 2.24) is 9.55 Å². The second-order valence-electron chi connectivity index (χ2n) is 3.32. The van der Waals surface area contributed by atoms with E-state index in [0.29, 0.717) is 6.54 Å². The lowest BCUT2D eigenvalue weighted by Gasteiger charge is -2.00. The SMILES string of the molecule is O=c1[nH]ccn1Cc1ccc([N+](=O)[O-])cc1. The molecule has 82 valence electrons. The topological polar surface area (TPSA) is 80.9 Å². The second-order valence-corrected chi connectivity index (χ2v) is 3.32. The Labute approximate surface area is 90.3 Å². The molecule has 0 spiro atoms. The van der Waals surface area contributed by atoms with Gasteiger partial charge in [-0.05, 0) is 5.56 Å². The zero-order chi connectivity index (χ0) is 11.5. The summed E-state index contributed by atoms with van der Waals surface area (Å²) < 4.78 is 1.49. The van der Waals surface area contributed by atoms with Gasteiger partial charge in [0.1, 0.15) is 0 Å². The number of hydrogen-bond acceptors (Lipinski definition) is 3. The third-order valence-electron chi connectivity index (χ3n) is 2.22. The van der Waals surface area contributed by atoms with Gasteiger partial charge in [0.2, 0.25) is 0 Å². The number of nitro groups is 1. The first-order valence-corrected chi connectivity index (χ1v) is 4.64. The normalized spacial score (nSPS) is 10.2. The molecular formula is C10H9N3O3. The molecule has 0 radical (unpaired) electrons. The van der Waals surface area contributed by atoms with Crippen LogP contribution in [0.3, 0.4) is 0 Å². The van der Waals surface area contributed by atoms with Gasteiger partial charge in [-0.15, -0.1) is 0 Å². The Balaban J connectivity index is 2.20. The van der Waals surface area contributed by atoms with E-state index in [1.54, 1.807) is 24.5 Å². The van der Waals surface area contributed by atoms with Gasteiger partial charge in [0.25, 0.3) is 5.69 Å². The summed E-state index contributed by atoms with van der Waals surface area (Å²) in [6.45, 7) is 0.403. The maximum atomic E-state index is 11.2. The Morgan fingerprint density at radius 1 is 1.31 bits per heavy atom. The quantitative estimate of drug-likeness (QED) is 0.620. The number of benzene rings is 1. The molecule has 1 heterocycles. The van der Waals surface area contributed by atoms with Gasteiger partial charge in [0.05, 0.1) is 11.5 Å². The molecule has 0 unspecified atom stereocenters. The van der Waals surface area contributed by atoms with Gasteiger partial charge >= 0.3 is 5.69 Å². The molecule has 0 fully saturated rings. The molecule has 1 aromatic heterocycles. The van der Waals surface area contributed by atoms with E-state index < -0.39 is 4.92 Å². The number of aromatic nitrogens is 2. The van der Waals surface area contributed by atoms with Gasteiger partial charge in [-0.1, -0.05) is 12.1 Å². The van der Waals surface area contributed by atoms with Crippen molar-refractivity contribution in [2.45, 2.75) is 6.54 Å². The van der Waals surface area contributed by atoms with Crippen LogP contribution in [0.2, 0.25) is 0 Å². The van der Waals surface area contributed by atoms with E-state index >= 15 is 0 Å². The molecule has 0 bridgehead atoms. The summed E-state index contributed by atoms with van der Waals surface area (Å²) in [5.41, 5.74) is 0.691. The molecule has 2 rings (SSSR count). The molecule has 0 aliphatic carbocycles. The fourth-order valence-corrected chi connectivity index (χ4v) is 1.39. The molecule has 0 atom stereocenters. The summed E-state index contributed by atoms with van der Waals surface area (Å²) in [5.74, 6) is 0. The van der Waals surface area contributed by atoms with Crippen molar-refractivity contribution in [3.8, 4) is 0 Å². The molecule has 1 N–H and O–H groups in total. The summed E-state index contributed by atoms with van der Waals surface area (Å²) >= 11 is 0. The van der Waals surface area contributed by atoms with E-state index in [0.717, 1.165) is 5.56 Å². The first kappa shape index (κ1) is 10.2. The third-order valence-corrected chi connectivity index (χ3v) is 2.22. The number of nitro benzene ring substituents is 1. The smallest absolute Gasteiger partial charge is 0.313 e. The molecule has 6 heteroatoms. The molecule has 6 nitrogen and oxygen atoms in total. The summed E-state index contributed by atoms with van der Waals surface area (Å²) in [6.07, 6.45) is 3.18. The van der Waals surface area contributed by atoms with Crippen molar-refractivity contribution in [3.63, 3.8) is 0 Å². The van der Waals surface area contributed by atoms with Crippen molar-refractivity contribution >= 4 is 5.69 Å². The van der Waals surface area contributed by atoms with Crippen molar-refractivity contribution in [2.24, 2.45) is 0 Å². The Bertz CT molecular complexity index is 553. The van der Waals surface area contributed by atoms with Gasteiger partial charge in [-0.2, -0.15) is 0 Å². The van der Waals surface area contributed by atoms with Gasteiger partial charge in [-0.25, -0.2) is 4.79 Å². The van der Waals surface area contributed by atoms with Crippen LogP contribution in [-0.4, -0.2) is 14.5 Å². The predicted octanol–water partition coefficient (Wildman–Crippen LogP) is 1.13. The lowest BCUT2D eigenvalue weighted by atomic mass is 10.2. The monoisotopic (exact) mass is 219 g/mol. The zero-order valence-electron chi connectivity index (χ0n) is 8.29. The van der Waals surface area contributed by atoms with E-state index in [-0.39, 0.29) is 11.4 Å². The molecule has 16 heavy (non-hydrogen) atoms. The maximum Gasteiger partial charge on any atom is 0.325 e. The van der Waals surface area contributed by atoms with Crippen LogP contribution in [0.4, 0.5) is 5.69 Å². The van der Waals surface area contributed by atoms with Crippen LogP contribution in [0.25, 0.3) is 0 Å². The summed E-state index contributed by atoms with van der Waals surface area (Å²) in [7, 11) is 0. The first-order chi connectivity index (χ1) is 7.66. The molecule has 0 saturated carbocycles. The number of rotatable bonds is 3. The van der Waals surface area contributed by atoms with Gasteiger partial charge in [0.15, 0.2) is 0 Å². The minimum Gasteiger partial charge on any atom is -0.313 e. The Morgan fingerprint density at radius 2 is 2.00 bits per heavy atom. The average molecular weight is 219 g/mol. The highest BCUT2D eigenvalue weighted by atomic mass is 16.6. The Kier molecular flexibility index (Phi) is 2.55. The average Bonchev–Trinajstić information content (AvgIpc) is 2.65. The van der Waals surface area contributed by atoms with E-state index in [1.807, 2.05) is 0 Å². The molecule has 0 aliphatic heterocycles. The minimum atomic E-state index is -0.452. The fourth-order valence-electron chi connectivity index (χ4n) is 1.39. The van der Waals surface area contributed by atoms with Crippen LogP contribution in [0.5, 0.6) is 0 Å². The van der Waals surface area contributed by atoms with Crippen molar-refractivity contribution in [2.75, 3.05) is 0 Å². The van der Waals surface area contributed by atoms with Crippen LogP contribution in [0.1, 0.15) is 5.56 Å². The van der Waals surface area contributed by atoms with Crippen molar-refractivity contribution < 1.29 is 4.92 Å². The Hall–Kier alpha value is -2.37. The molecule has 0 saturated heterocycles. The lowest BCUT2D eigenvalue weighted by molar-refractivity contribution is -0.384. The number of imidazole rings is 1. The number of hydrogen-bond donors (Lipinski definition) is 1. The summed E-state index contributed by atoms with van der Waals surface area (Å²) in [5, 5.41) is 10.4. The van der Waals surface area contributed by atoms with Crippen LogP contribution >= 0.6 is 0 Å². The third kappa shape index (κ3) is 2.00. The second kappa shape index (κ2) is 4.01. The standard InChI is InChI=1S/C10H9N3O3/c14-10-11-5-6-12(10)7-8-1-3-9(4-2-8)13(15)16/h1-6H,7H2,(H,11,14). The first-order valence-electron chi connectivity index (χ1n) is 4.64. The predicted molar refractivity (Wildman–Crippen MR) is 57.3 cm³/mol. The highest BCUT2D eigenvalue weighted by Gasteiger charge is 2.04. The van der Waals surface area contributed by atoms with Crippen molar-refractivity contribution in [3.05, 3.63) is 62.8 Å². The van der Waals surface area contributed by atoms with E-state index in [2.05, 4.69) is 4.98 Å². The van der Waals surface area contributed by atoms with Crippen molar-refractivity contribution in [1.29, 1.82) is 0 Å². The van der Waals surface area contributed by atoms with Gasteiger partial charge in [0, 0.05) is 24.5 Å². The van der Waals surface area contributed by atoms with E-state index in [4.69, 9.17) is 0 Å². The number of non-ortho nitro benzene ring substituents is 1.